The van der Waals surface area contributed by atoms with Gasteiger partial charge in [0.15, 0.2) is 26.4 Å². The Morgan fingerprint density at radius 1 is 0.422 bits per heavy atom. The van der Waals surface area contributed by atoms with E-state index >= 15 is 0 Å². The zero-order valence-corrected chi connectivity index (χ0v) is 39.8. The lowest BCUT2D eigenvalue weighted by molar-refractivity contribution is -0.131. The maximum absolute atomic E-state index is 13.2. The van der Waals surface area contributed by atoms with Gasteiger partial charge in [-0.1, -0.05) is 36.4 Å². The summed E-state index contributed by atoms with van der Waals surface area (Å²) < 4.78 is 77.9. The largest absolute Gasteiger partial charge is 0.483 e. The van der Waals surface area contributed by atoms with Crippen LogP contribution in [0.4, 0.5) is 0 Å². The van der Waals surface area contributed by atoms with Gasteiger partial charge in [0.2, 0.25) is 0 Å². The molecule has 20 heteroatoms. The normalized spacial score (nSPS) is 12.4. The van der Waals surface area contributed by atoms with Crippen molar-refractivity contribution in [2.75, 3.05) is 82.8 Å². The maximum atomic E-state index is 13.2. The number of carbonyl (C=O) groups is 4. The molecule has 4 aromatic rings. The molecular weight excluding hydrogens is 912 g/mol. The number of hydrogen-bond donors (Lipinski definition) is 0. The van der Waals surface area contributed by atoms with Gasteiger partial charge in [0.05, 0.1) is 9.79 Å². The fraction of sp³-hybridized carbons (Fsp3) is 0.364. The smallest absolute Gasteiger partial charge is 0.261 e. The lowest BCUT2D eigenvalue weighted by Gasteiger charge is -2.24. The van der Waals surface area contributed by atoms with E-state index in [0.717, 1.165) is 0 Å². The first kappa shape index (κ1) is 49.5. The van der Waals surface area contributed by atoms with Crippen molar-refractivity contribution in [2.45, 2.75) is 35.5 Å². The van der Waals surface area contributed by atoms with Crippen LogP contribution in [0.25, 0.3) is 0 Å². The summed E-state index contributed by atoms with van der Waals surface area (Å²) in [7, 11) is 15.8. The third kappa shape index (κ3) is 12.4. The molecule has 0 fully saturated rings. The van der Waals surface area contributed by atoms with Crippen LogP contribution in [-0.2, 0) is 63.0 Å². The molecule has 0 aromatic heterocycles. The first-order valence-corrected chi connectivity index (χ1v) is 24.3. The summed E-state index contributed by atoms with van der Waals surface area (Å²) >= 11 is 0. The predicted molar refractivity (Wildman–Crippen MR) is 240 cm³/mol. The van der Waals surface area contributed by atoms with Crippen molar-refractivity contribution in [3.8, 4) is 23.0 Å². The number of para-hydroxylation sites is 2. The van der Waals surface area contributed by atoms with Gasteiger partial charge in [-0.25, -0.2) is 16.8 Å². The van der Waals surface area contributed by atoms with E-state index in [1.54, 1.807) is 92.8 Å². The Balaban J connectivity index is 1.92. The van der Waals surface area contributed by atoms with Gasteiger partial charge in [-0.05, 0) is 46.5 Å². The van der Waals surface area contributed by atoms with Gasteiger partial charge in [0.1, 0.15) is 23.0 Å². The van der Waals surface area contributed by atoms with Crippen molar-refractivity contribution < 1.29 is 55.0 Å². The molecule has 0 radical (unpaired) electrons. The summed E-state index contributed by atoms with van der Waals surface area (Å²) in [6.07, 6.45) is -0.386. The lowest BCUT2D eigenvalue weighted by Crippen LogP contribution is -2.28. The Morgan fingerprint density at radius 3 is 0.812 bits per heavy atom. The number of amides is 4. The second kappa shape index (κ2) is 20.5. The molecule has 16 nitrogen and oxygen atoms in total. The highest BCUT2D eigenvalue weighted by atomic mass is 35.7. The van der Waals surface area contributed by atoms with Gasteiger partial charge in [-0.15, -0.1) is 0 Å². The molecular formula is C44H50Cl2N4O12S2. The summed E-state index contributed by atoms with van der Waals surface area (Å²) in [4.78, 5) is 56.9. The van der Waals surface area contributed by atoms with E-state index < -0.39 is 44.5 Å². The Labute approximate surface area is 382 Å². The van der Waals surface area contributed by atoms with Gasteiger partial charge in [0.25, 0.3) is 41.7 Å². The van der Waals surface area contributed by atoms with E-state index in [2.05, 4.69) is 0 Å². The Morgan fingerprint density at radius 2 is 0.625 bits per heavy atom. The Kier molecular flexibility index (Phi) is 15.9. The molecule has 1 aliphatic rings. The van der Waals surface area contributed by atoms with Crippen LogP contribution < -0.4 is 18.9 Å². The number of benzene rings is 4. The molecule has 0 atom stereocenters. The minimum atomic E-state index is -4.39. The number of rotatable bonds is 14. The van der Waals surface area contributed by atoms with E-state index in [0.29, 0.717) is 22.3 Å². The molecule has 0 spiro atoms. The first-order valence-electron chi connectivity index (χ1n) is 19.7. The number of hydrogen-bond acceptors (Lipinski definition) is 12. The van der Waals surface area contributed by atoms with Crippen molar-refractivity contribution in [1.82, 2.24) is 19.6 Å². The molecule has 344 valence electrons. The highest BCUT2D eigenvalue weighted by molar-refractivity contribution is 8.14. The SMILES string of the molecule is CN(C)C(=O)COc1c2cccc1Cc1cc(S(=O)(=O)Cl)cc(c1OCC(=O)N(C)C)Cc1cccc(c1OCC(=O)N(C)C)Cc1cc(S(=O)(=O)Cl)cc(c1OCC(=O)N(C)C)C2. The van der Waals surface area contributed by atoms with E-state index in [9.17, 15) is 36.0 Å². The van der Waals surface area contributed by atoms with Gasteiger partial charge in [0, 0.05) is 126 Å². The van der Waals surface area contributed by atoms with Crippen LogP contribution in [-0.4, -0.2) is 143 Å². The van der Waals surface area contributed by atoms with Gasteiger partial charge in [-0.3, -0.25) is 19.2 Å². The molecule has 8 bridgehead atoms. The van der Waals surface area contributed by atoms with Crippen LogP contribution in [0.5, 0.6) is 23.0 Å². The van der Waals surface area contributed by atoms with E-state index in [4.69, 9.17) is 40.3 Å². The second-order valence-corrected chi connectivity index (χ2v) is 21.0. The highest BCUT2D eigenvalue weighted by Crippen LogP contribution is 2.41. The van der Waals surface area contributed by atoms with E-state index in [1.165, 1.54) is 43.9 Å². The van der Waals surface area contributed by atoms with Crippen LogP contribution in [0.1, 0.15) is 44.5 Å². The number of carbonyl (C=O) groups excluding carboxylic acids is 4. The molecule has 0 saturated carbocycles. The van der Waals surface area contributed by atoms with Gasteiger partial charge in [-0.2, -0.15) is 0 Å². The molecule has 5 rings (SSSR count). The van der Waals surface area contributed by atoms with Crippen molar-refractivity contribution in [3.05, 3.63) is 105 Å². The molecule has 0 heterocycles. The molecule has 0 unspecified atom stereocenters. The zero-order chi connectivity index (χ0) is 47.3. The van der Waals surface area contributed by atoms with Crippen LogP contribution in [0, 0.1) is 0 Å². The molecule has 1 aliphatic carbocycles. The zero-order valence-electron chi connectivity index (χ0n) is 36.7. The standard InChI is InChI=1S/C44H50Cl2N4O12S2/c1-47(2)37(51)23-59-41-27-11-9-12-28(41)16-32-20-36(64(46,57)58)22-34(44(32)62-26-40(54)50(7)8)18-30-14-10-13-29(42(30)60-24-38(52)48(3)4)17-33-21-35(63(45,55)56)19-31(15-27)43(33)61-25-39(53)49(5)6/h9-14,19-22H,15-18,23-26H2,1-8H3. The van der Waals surface area contributed by atoms with E-state index in [1.807, 2.05) is 0 Å². The molecule has 4 aromatic carbocycles. The van der Waals surface area contributed by atoms with Gasteiger partial charge >= 0.3 is 0 Å². The van der Waals surface area contributed by atoms with Crippen LogP contribution in [0.15, 0.2) is 70.5 Å². The summed E-state index contributed by atoms with van der Waals surface area (Å²) in [5.74, 6) is -0.832. The number of fused-ring (bicyclic) bond motifs is 8. The summed E-state index contributed by atoms with van der Waals surface area (Å²) in [6.45, 7) is -1.70. The number of halogens is 2. The van der Waals surface area contributed by atoms with E-state index in [-0.39, 0.29) is 104 Å². The third-order valence-corrected chi connectivity index (χ3v) is 12.9. The first-order chi connectivity index (χ1) is 29.9. The van der Waals surface area contributed by atoms with Crippen molar-refractivity contribution in [3.63, 3.8) is 0 Å². The lowest BCUT2D eigenvalue weighted by atomic mass is 9.91. The average Bonchev–Trinajstić information content (AvgIpc) is 3.20. The average molecular weight is 962 g/mol. The Bertz CT molecular complexity index is 2410. The monoisotopic (exact) mass is 960 g/mol. The maximum Gasteiger partial charge on any atom is 0.261 e. The second-order valence-electron chi connectivity index (χ2n) is 15.8. The van der Waals surface area contributed by atoms with Gasteiger partial charge < -0.3 is 38.5 Å². The third-order valence-electron chi connectivity index (χ3n) is 10.2. The summed E-state index contributed by atoms with van der Waals surface area (Å²) in [5.41, 5.74) is 2.88. The number of nitrogens with zero attached hydrogens (tertiary/aromatic N) is 4. The molecule has 4 amide bonds. The van der Waals surface area contributed by atoms with Crippen molar-refractivity contribution in [1.29, 1.82) is 0 Å². The fourth-order valence-corrected chi connectivity index (χ4v) is 8.37. The minimum absolute atomic E-state index is 0.0964. The van der Waals surface area contributed by atoms with Crippen LogP contribution >= 0.6 is 21.4 Å². The summed E-state index contributed by atoms with van der Waals surface area (Å²) in [6, 6.07) is 15.6. The quantitative estimate of drug-likeness (QED) is 0.146. The van der Waals surface area contributed by atoms with Crippen molar-refractivity contribution in [2.24, 2.45) is 0 Å². The van der Waals surface area contributed by atoms with Crippen LogP contribution in [0.3, 0.4) is 0 Å². The highest BCUT2D eigenvalue weighted by Gasteiger charge is 2.27. The van der Waals surface area contributed by atoms with Crippen LogP contribution in [0.2, 0.25) is 0 Å². The molecule has 0 N–H and O–H groups in total. The molecule has 0 aliphatic heterocycles. The molecule has 64 heavy (non-hydrogen) atoms. The molecule has 0 saturated heterocycles. The van der Waals surface area contributed by atoms with Crippen molar-refractivity contribution >= 4 is 63.1 Å². The topological polar surface area (TPSA) is 186 Å². The fourth-order valence-electron chi connectivity index (χ4n) is 6.70. The number of likely N-dealkylation sites (N-methyl/N-ethyl adjacent to an activating group) is 4. The Hall–Kier alpha value is -5.56. The number of ether oxygens (including phenoxy) is 4. The predicted octanol–water partition coefficient (Wildman–Crippen LogP) is 4.09. The summed E-state index contributed by atoms with van der Waals surface area (Å²) in [5, 5.41) is 0. The minimum Gasteiger partial charge on any atom is -0.483 e.